The van der Waals surface area contributed by atoms with E-state index in [1.165, 1.54) is 11.3 Å². The van der Waals surface area contributed by atoms with E-state index < -0.39 is 0 Å². The van der Waals surface area contributed by atoms with Crippen molar-refractivity contribution in [2.45, 2.75) is 40.2 Å². The number of hydrogen-bond acceptors (Lipinski definition) is 1. The molecule has 0 bridgehead atoms. The average Bonchev–Trinajstić information content (AvgIpc) is 2.67. The van der Waals surface area contributed by atoms with E-state index in [2.05, 4.69) is 43.5 Å². The monoisotopic (exact) mass is 243 g/mol. The average molecular weight is 243 g/mol. The van der Waals surface area contributed by atoms with Crippen molar-refractivity contribution in [1.29, 1.82) is 0 Å². The highest BCUT2D eigenvalue weighted by Gasteiger charge is 2.09. The number of aromatic nitrogens is 1. The normalized spacial score (nSPS) is 12.3. The fourth-order valence-electron chi connectivity index (χ4n) is 2.42. The van der Waals surface area contributed by atoms with E-state index >= 15 is 0 Å². The molecule has 1 heterocycles. The van der Waals surface area contributed by atoms with Crippen molar-refractivity contribution < 1.29 is 5.11 Å². The van der Waals surface area contributed by atoms with Gasteiger partial charge in [0.1, 0.15) is 5.75 Å². The second-order valence-corrected chi connectivity index (χ2v) is 4.71. The van der Waals surface area contributed by atoms with Crippen molar-refractivity contribution in [2.75, 3.05) is 0 Å². The number of rotatable bonds is 4. The molecule has 2 rings (SSSR count). The molecule has 1 aromatic heterocycles. The van der Waals surface area contributed by atoms with Crippen molar-refractivity contribution in [3.63, 3.8) is 0 Å². The summed E-state index contributed by atoms with van der Waals surface area (Å²) < 4.78 is 2.28. The van der Waals surface area contributed by atoms with Gasteiger partial charge in [0.05, 0.1) is 5.52 Å². The highest BCUT2D eigenvalue weighted by Crippen LogP contribution is 2.28. The number of hydrogen-bond donors (Lipinski definition) is 1. The van der Waals surface area contributed by atoms with Gasteiger partial charge in [-0.05, 0) is 38.0 Å². The molecule has 2 aromatic rings. The molecular weight excluding hydrogens is 222 g/mol. The lowest BCUT2D eigenvalue weighted by Crippen LogP contribution is -2.02. The Morgan fingerprint density at radius 2 is 2.11 bits per heavy atom. The molecule has 2 nitrogen and oxygen atoms in total. The summed E-state index contributed by atoms with van der Waals surface area (Å²) in [5, 5.41) is 10.8. The number of phenolic OH excluding ortho intramolecular Hbond substituents is 1. The molecule has 18 heavy (non-hydrogen) atoms. The molecule has 0 amide bonds. The van der Waals surface area contributed by atoms with Crippen LogP contribution in [-0.2, 0) is 6.54 Å². The molecule has 1 N–H and O–H groups in total. The molecule has 0 atom stereocenters. The zero-order valence-corrected chi connectivity index (χ0v) is 11.4. The largest absolute Gasteiger partial charge is 0.507 e. The van der Waals surface area contributed by atoms with E-state index in [1.54, 1.807) is 6.07 Å². The third kappa shape index (κ3) is 2.28. The van der Waals surface area contributed by atoms with E-state index in [1.807, 2.05) is 6.07 Å². The van der Waals surface area contributed by atoms with E-state index in [0.717, 1.165) is 30.3 Å². The maximum atomic E-state index is 9.88. The summed E-state index contributed by atoms with van der Waals surface area (Å²) in [5.74, 6) is 0.367. The summed E-state index contributed by atoms with van der Waals surface area (Å²) in [6, 6.07) is 7.78. The van der Waals surface area contributed by atoms with Crippen molar-refractivity contribution in [2.24, 2.45) is 0 Å². The number of phenols is 1. The van der Waals surface area contributed by atoms with Crippen LogP contribution in [0.25, 0.3) is 10.9 Å². The van der Waals surface area contributed by atoms with Gasteiger partial charge in [0.25, 0.3) is 0 Å². The first-order valence-corrected chi connectivity index (χ1v) is 6.63. The third-order valence-electron chi connectivity index (χ3n) is 3.44. The van der Waals surface area contributed by atoms with Crippen LogP contribution in [0.3, 0.4) is 0 Å². The molecule has 0 saturated carbocycles. The molecule has 0 aliphatic rings. The maximum Gasteiger partial charge on any atom is 0.124 e. The number of aryl methyl sites for hydroxylation is 1. The van der Waals surface area contributed by atoms with Gasteiger partial charge in [-0.2, -0.15) is 0 Å². The molecular formula is C16H21NO. The molecule has 0 spiro atoms. The van der Waals surface area contributed by atoms with Crippen LogP contribution < -0.4 is 0 Å². The van der Waals surface area contributed by atoms with Crippen LogP contribution in [0, 0.1) is 6.92 Å². The van der Waals surface area contributed by atoms with Gasteiger partial charge in [-0.15, -0.1) is 0 Å². The third-order valence-corrected chi connectivity index (χ3v) is 3.44. The van der Waals surface area contributed by atoms with Crippen LogP contribution in [0.4, 0.5) is 0 Å². The highest BCUT2D eigenvalue weighted by molar-refractivity contribution is 5.87. The zero-order chi connectivity index (χ0) is 13.1. The van der Waals surface area contributed by atoms with Crippen molar-refractivity contribution >= 4 is 10.9 Å². The van der Waals surface area contributed by atoms with Crippen LogP contribution in [-0.4, -0.2) is 9.67 Å². The SMILES string of the molecule is CC/C=C(\CC)Cn1c(C)cc2c(O)cccc21. The molecule has 0 unspecified atom stereocenters. The number of nitrogens with zero attached hydrogens (tertiary/aromatic N) is 1. The summed E-state index contributed by atoms with van der Waals surface area (Å²) in [6.07, 6.45) is 4.45. The van der Waals surface area contributed by atoms with Crippen LogP contribution in [0.15, 0.2) is 35.9 Å². The summed E-state index contributed by atoms with van der Waals surface area (Å²) in [6.45, 7) is 7.38. The first kappa shape index (κ1) is 12.7. The van der Waals surface area contributed by atoms with Crippen molar-refractivity contribution in [3.05, 3.63) is 41.6 Å². The number of aromatic hydroxyl groups is 1. The lowest BCUT2D eigenvalue weighted by Gasteiger charge is -2.11. The predicted molar refractivity (Wildman–Crippen MR) is 77.0 cm³/mol. The smallest absolute Gasteiger partial charge is 0.124 e. The minimum Gasteiger partial charge on any atom is -0.507 e. The molecule has 0 aliphatic heterocycles. The molecule has 96 valence electrons. The number of fused-ring (bicyclic) bond motifs is 1. The Labute approximate surface area is 109 Å². The summed E-state index contributed by atoms with van der Waals surface area (Å²) in [5.41, 5.74) is 3.76. The number of allylic oxidation sites excluding steroid dienone is 2. The first-order chi connectivity index (χ1) is 8.67. The Morgan fingerprint density at radius 1 is 1.33 bits per heavy atom. The van der Waals surface area contributed by atoms with E-state index in [-0.39, 0.29) is 0 Å². The Balaban J connectivity index is 2.48. The lowest BCUT2D eigenvalue weighted by atomic mass is 10.1. The van der Waals surface area contributed by atoms with E-state index in [4.69, 9.17) is 0 Å². The Bertz CT molecular complexity index is 578. The van der Waals surface area contributed by atoms with Gasteiger partial charge in [0, 0.05) is 17.6 Å². The lowest BCUT2D eigenvalue weighted by molar-refractivity contribution is 0.481. The van der Waals surface area contributed by atoms with Crippen molar-refractivity contribution in [1.82, 2.24) is 4.57 Å². The van der Waals surface area contributed by atoms with Crippen LogP contribution in [0.5, 0.6) is 5.75 Å². The van der Waals surface area contributed by atoms with E-state index in [9.17, 15) is 5.11 Å². The van der Waals surface area contributed by atoms with Crippen LogP contribution in [0.1, 0.15) is 32.4 Å². The topological polar surface area (TPSA) is 25.2 Å². The molecule has 2 heteroatoms. The van der Waals surface area contributed by atoms with Crippen molar-refractivity contribution in [3.8, 4) is 5.75 Å². The predicted octanol–water partition coefficient (Wildman–Crippen LogP) is 4.40. The minimum absolute atomic E-state index is 0.367. The van der Waals surface area contributed by atoms with Gasteiger partial charge in [-0.3, -0.25) is 0 Å². The zero-order valence-electron chi connectivity index (χ0n) is 11.4. The summed E-state index contributed by atoms with van der Waals surface area (Å²) in [4.78, 5) is 0. The summed E-state index contributed by atoms with van der Waals surface area (Å²) >= 11 is 0. The Hall–Kier alpha value is -1.70. The second kappa shape index (κ2) is 5.30. The Morgan fingerprint density at radius 3 is 2.78 bits per heavy atom. The fraction of sp³-hybridized carbons (Fsp3) is 0.375. The van der Waals surface area contributed by atoms with E-state index in [0.29, 0.717) is 5.75 Å². The van der Waals surface area contributed by atoms with Crippen LogP contribution in [0.2, 0.25) is 0 Å². The van der Waals surface area contributed by atoms with Gasteiger partial charge >= 0.3 is 0 Å². The quantitative estimate of drug-likeness (QED) is 0.791. The molecule has 0 aliphatic carbocycles. The standard InChI is InChI=1S/C16H21NO/c1-4-7-13(5-2)11-17-12(3)10-14-15(17)8-6-9-16(14)18/h6-10,18H,4-5,11H2,1-3H3/b13-7+. The van der Waals surface area contributed by atoms with Gasteiger partial charge in [-0.25, -0.2) is 0 Å². The first-order valence-electron chi connectivity index (χ1n) is 6.63. The molecule has 0 saturated heterocycles. The van der Waals surface area contributed by atoms with Gasteiger partial charge in [0.2, 0.25) is 0 Å². The van der Waals surface area contributed by atoms with Gasteiger partial charge < -0.3 is 9.67 Å². The van der Waals surface area contributed by atoms with Gasteiger partial charge in [0.15, 0.2) is 0 Å². The molecule has 0 radical (unpaired) electrons. The fourth-order valence-corrected chi connectivity index (χ4v) is 2.42. The minimum atomic E-state index is 0.367. The van der Waals surface area contributed by atoms with Gasteiger partial charge in [-0.1, -0.05) is 31.6 Å². The number of benzene rings is 1. The summed E-state index contributed by atoms with van der Waals surface area (Å²) in [7, 11) is 0. The highest BCUT2D eigenvalue weighted by atomic mass is 16.3. The van der Waals surface area contributed by atoms with Crippen LogP contribution >= 0.6 is 0 Å². The second-order valence-electron chi connectivity index (χ2n) is 4.71. The molecule has 1 aromatic carbocycles. The molecule has 0 fully saturated rings. The maximum absolute atomic E-state index is 9.88. The Kier molecular flexibility index (Phi) is 3.75.